The maximum absolute atomic E-state index is 15.2. The van der Waals surface area contributed by atoms with E-state index in [9.17, 15) is 19.7 Å². The van der Waals surface area contributed by atoms with E-state index in [1.54, 1.807) is 39.8 Å². The minimum absolute atomic E-state index is 0.112. The summed E-state index contributed by atoms with van der Waals surface area (Å²) >= 11 is 10.1. The Morgan fingerprint density at radius 2 is 1.01 bits per heavy atom. The molecule has 0 aliphatic carbocycles. The molecule has 26 heteroatoms. The van der Waals surface area contributed by atoms with E-state index in [0.29, 0.717) is 44.8 Å². The van der Waals surface area contributed by atoms with Crippen LogP contribution in [0, 0.1) is 23.8 Å². The van der Waals surface area contributed by atoms with Crippen LogP contribution in [-0.2, 0) is 14.2 Å². The zero-order chi connectivity index (χ0) is 49.9. The van der Waals surface area contributed by atoms with Gasteiger partial charge >= 0.3 is 0 Å². The van der Waals surface area contributed by atoms with Crippen LogP contribution < -0.4 is 28.7 Å². The number of fused-ring (bicyclic) bond motifs is 3. The molecule has 364 valence electrons. The fourth-order valence-electron chi connectivity index (χ4n) is 9.08. The van der Waals surface area contributed by atoms with E-state index < -0.39 is 78.0 Å². The highest BCUT2D eigenvalue weighted by Gasteiger charge is 2.55. The normalized spacial score (nSPS) is 29.7. The molecule has 21 nitrogen and oxygen atoms in total. The predicted octanol–water partition coefficient (Wildman–Crippen LogP) is 3.14. The summed E-state index contributed by atoms with van der Waals surface area (Å²) in [5.41, 5.74) is 28.7. The second-order valence-corrected chi connectivity index (χ2v) is 18.7. The van der Waals surface area contributed by atoms with Crippen molar-refractivity contribution in [2.24, 2.45) is 28.7 Å². The van der Waals surface area contributed by atoms with Gasteiger partial charge < -0.3 is 58.2 Å². The van der Waals surface area contributed by atoms with Crippen LogP contribution in [-0.4, -0.2) is 125 Å². The number of anilines is 3. The molecular weight excluding hydrogens is 932 g/mol. The Labute approximate surface area is 397 Å². The summed E-state index contributed by atoms with van der Waals surface area (Å²) in [5.74, 6) is -0.420. The largest absolute Gasteiger partial charge is 0.394 e. The first-order chi connectivity index (χ1) is 32.0. The molecule has 3 saturated heterocycles. The number of ether oxygens (including phenoxy) is 3. The van der Waals surface area contributed by atoms with Gasteiger partial charge in [-0.05, 0) is 32.0 Å². The van der Waals surface area contributed by atoms with E-state index in [0.717, 1.165) is 0 Å². The molecule has 0 bridgehead atoms. The van der Waals surface area contributed by atoms with Crippen LogP contribution >= 0.6 is 24.4 Å². The lowest BCUT2D eigenvalue weighted by Crippen LogP contribution is -2.32. The van der Waals surface area contributed by atoms with Gasteiger partial charge in [0, 0.05) is 28.4 Å². The lowest BCUT2D eigenvalue weighted by molar-refractivity contribution is -0.0200. The number of rotatable bonds is 8. The summed E-state index contributed by atoms with van der Waals surface area (Å²) in [6.45, 7) is 16.1. The number of aromatic nitrogens is 9. The van der Waals surface area contributed by atoms with Gasteiger partial charge in [0.05, 0.1) is 55.7 Å². The van der Waals surface area contributed by atoms with Crippen LogP contribution in [0.15, 0.2) is 37.2 Å². The number of thiocarbonyl (C=S) groups is 2. The number of nitrogens with zero attached hydrogens (tertiary/aromatic N) is 10. The number of hydrogen-bond donors (Lipinski definition) is 8. The van der Waals surface area contributed by atoms with Gasteiger partial charge in [0.1, 0.15) is 93.3 Å². The van der Waals surface area contributed by atoms with E-state index in [4.69, 9.17) is 73.9 Å². The molecule has 9 rings (SSSR count). The van der Waals surface area contributed by atoms with E-state index in [-0.39, 0.29) is 46.3 Å². The predicted molar refractivity (Wildman–Crippen MR) is 250 cm³/mol. The number of aliphatic hydroxyl groups is 3. The van der Waals surface area contributed by atoms with Crippen molar-refractivity contribution in [1.82, 2.24) is 43.8 Å². The van der Waals surface area contributed by atoms with Crippen molar-refractivity contribution >= 4 is 74.1 Å². The molecule has 0 amide bonds. The van der Waals surface area contributed by atoms with Crippen molar-refractivity contribution in [3.05, 3.63) is 76.8 Å². The molecule has 68 heavy (non-hydrogen) atoms. The highest BCUT2D eigenvalue weighted by atomic mass is 32.1. The van der Waals surface area contributed by atoms with Crippen molar-refractivity contribution in [3.63, 3.8) is 0 Å². The number of alkyl halides is 3. The van der Waals surface area contributed by atoms with Crippen molar-refractivity contribution in [1.29, 1.82) is 0 Å². The Hall–Kier alpha value is -5.92. The minimum Gasteiger partial charge on any atom is -0.394 e. The Morgan fingerprint density at radius 3 is 1.37 bits per heavy atom. The summed E-state index contributed by atoms with van der Waals surface area (Å²) in [6, 6.07) is 4.83. The van der Waals surface area contributed by atoms with Crippen molar-refractivity contribution in [3.8, 4) is 0 Å². The smallest absolute Gasteiger partial charge is 0.217 e. The summed E-state index contributed by atoms with van der Waals surface area (Å²) < 4.78 is 66.4. The van der Waals surface area contributed by atoms with Gasteiger partial charge in [0.15, 0.2) is 11.6 Å². The Morgan fingerprint density at radius 1 is 0.662 bits per heavy atom. The third-order valence-electron chi connectivity index (χ3n) is 13.4. The summed E-state index contributed by atoms with van der Waals surface area (Å²) in [4.78, 5) is 15.4. The summed E-state index contributed by atoms with van der Waals surface area (Å²) in [5, 5.41) is 40.5. The number of nitrogens with two attached hydrogens (primary N) is 5. The first kappa shape index (κ1) is 50.0. The van der Waals surface area contributed by atoms with Crippen molar-refractivity contribution < 1.29 is 42.7 Å². The molecule has 6 aromatic rings. The van der Waals surface area contributed by atoms with Crippen LogP contribution in [0.4, 0.5) is 36.3 Å². The molecular formula is C42H52F3N15O6S2. The zero-order valence-electron chi connectivity index (χ0n) is 37.7. The molecule has 13 N–H and O–H groups in total. The van der Waals surface area contributed by atoms with E-state index in [1.807, 2.05) is 0 Å². The third-order valence-corrected chi connectivity index (χ3v) is 13.8. The lowest BCUT2D eigenvalue weighted by Gasteiger charge is -2.26. The topological polar surface area (TPSA) is 313 Å². The molecule has 0 unspecified atom stereocenters. The minimum atomic E-state index is -1.71. The SMILES string of the molecule is CC1(C)[C@H](F)[C@@H](CO)O[C@H]1c1cc(C(N)=S)c2c(N)ncnn12.C[C@@H]1[C@@H](CO)O[C@@H](c2cc(C(N)=S)c3c(N)ncnn23)[C@]1(C)F.[C-]#[N+]c1cc([C@@H]2O[C@H](CO)[C@@H](C)[C@@]2(C)F)n2ncnc(N)c12. The average Bonchev–Trinajstić information content (AvgIpc) is 4.11. The molecule has 0 radical (unpaired) electrons. The Bertz CT molecular complexity index is 2810. The van der Waals surface area contributed by atoms with Crippen LogP contribution in [0.5, 0.6) is 0 Å². The lowest BCUT2D eigenvalue weighted by atomic mass is 9.81. The van der Waals surface area contributed by atoms with Crippen LogP contribution in [0.2, 0.25) is 0 Å². The summed E-state index contributed by atoms with van der Waals surface area (Å²) in [6.07, 6.45) is -2.13. The number of aliphatic hydroxyl groups excluding tert-OH is 3. The second kappa shape index (κ2) is 18.5. The monoisotopic (exact) mass is 983 g/mol. The molecule has 3 aliphatic heterocycles. The Kier molecular flexibility index (Phi) is 13.6. The van der Waals surface area contributed by atoms with Gasteiger partial charge in [-0.2, -0.15) is 15.3 Å². The highest BCUT2D eigenvalue weighted by Crippen LogP contribution is 2.52. The quantitative estimate of drug-likeness (QED) is 0.0802. The Balaban J connectivity index is 0.000000151. The summed E-state index contributed by atoms with van der Waals surface area (Å²) in [7, 11) is 0. The van der Waals surface area contributed by atoms with E-state index in [1.165, 1.54) is 52.4 Å². The van der Waals surface area contributed by atoms with Gasteiger partial charge in [-0.15, -0.1) is 0 Å². The molecule has 11 atom stereocenters. The number of halogens is 3. The fourth-order valence-corrected chi connectivity index (χ4v) is 9.39. The van der Waals surface area contributed by atoms with E-state index in [2.05, 4.69) is 35.1 Å². The van der Waals surface area contributed by atoms with Crippen molar-refractivity contribution in [2.45, 2.75) is 95.7 Å². The van der Waals surface area contributed by atoms with Crippen LogP contribution in [0.3, 0.4) is 0 Å². The van der Waals surface area contributed by atoms with Gasteiger partial charge in [-0.3, -0.25) is 0 Å². The number of nitrogen functional groups attached to an aromatic ring is 3. The molecule has 3 fully saturated rings. The van der Waals surface area contributed by atoms with Gasteiger partial charge in [-0.25, -0.2) is 46.5 Å². The van der Waals surface area contributed by atoms with Crippen molar-refractivity contribution in [2.75, 3.05) is 37.0 Å². The van der Waals surface area contributed by atoms with E-state index >= 15 is 8.78 Å². The zero-order valence-corrected chi connectivity index (χ0v) is 39.3. The van der Waals surface area contributed by atoms with Gasteiger partial charge in [0.25, 0.3) is 0 Å². The molecule has 3 aliphatic rings. The molecule has 9 heterocycles. The second-order valence-electron chi connectivity index (χ2n) is 17.8. The molecule has 0 spiro atoms. The molecule has 0 saturated carbocycles. The van der Waals surface area contributed by atoms with Gasteiger partial charge in [0.2, 0.25) is 5.69 Å². The standard InChI is InChI=1S/2C14H18FN5O2S.C14H16FN5O2/c1-14(2)10(15)8(4-21)22-11(14)7-3-6(13(17)23)9-12(16)18-5-19-20(7)9;1-6-9(4-21)22-11(14(6,2)15)8-3-7(13(17)23)10-12(16)18-5-19-20(8)10;1-7-10(5-21)22-12(14(7,2)15)9-4-8(17-3)11-13(16)18-6-19-20(9)11/h3,5,8,10-11,21H,4H2,1-2H3,(H2,17,23)(H2,16,18,19);3,5-6,9,11,21H,4H2,1-2H3,(H2,17,23)(H2,16,18,19);4,6-7,10,12,21H,5H2,1-2H3,(H2,16,18,19)/t8-,10-,11+;6-,9-,11+,14-;7-,10-,12+,14-/m111/s1. The highest BCUT2D eigenvalue weighted by molar-refractivity contribution is 7.81. The average molecular weight is 984 g/mol. The molecule has 6 aromatic heterocycles. The number of hydrogen-bond acceptors (Lipinski definition) is 17. The fraction of sp³-hybridized carbons (Fsp3) is 0.500. The first-order valence-electron chi connectivity index (χ1n) is 21.1. The third kappa shape index (κ3) is 8.18. The molecule has 0 aromatic carbocycles. The van der Waals surface area contributed by atoms with Crippen LogP contribution in [0.25, 0.3) is 21.4 Å². The first-order valence-corrected chi connectivity index (χ1v) is 21.9. The maximum atomic E-state index is 15.2. The maximum Gasteiger partial charge on any atom is 0.217 e. The van der Waals surface area contributed by atoms with Crippen LogP contribution in [0.1, 0.15) is 88.1 Å². The van der Waals surface area contributed by atoms with Gasteiger partial charge in [-0.1, -0.05) is 52.1 Å².